The van der Waals surface area contributed by atoms with Gasteiger partial charge < -0.3 is 25.5 Å². The van der Waals surface area contributed by atoms with Crippen LogP contribution in [0.5, 0.6) is 5.75 Å². The number of rotatable bonds is 3. The molecular formula is C24H32N4O5. The van der Waals surface area contributed by atoms with E-state index in [1.165, 1.54) is 17.0 Å². The van der Waals surface area contributed by atoms with Crippen LogP contribution >= 0.6 is 0 Å². The van der Waals surface area contributed by atoms with E-state index in [1.807, 2.05) is 13.8 Å². The molecule has 0 radical (unpaired) electrons. The van der Waals surface area contributed by atoms with E-state index in [2.05, 4.69) is 10.6 Å². The first-order valence-electron chi connectivity index (χ1n) is 11.8. The van der Waals surface area contributed by atoms with Crippen LogP contribution < -0.4 is 10.6 Å². The minimum atomic E-state index is -0.867. The standard InChI is InChI=1S/C24H32N4O5/c1-14(2)20-24(33)28-12-4-5-18(28)21(30)25-17(13-15-7-9-16(29)10-8-15)23(32)27-11-3-6-19(27)22(31)26-20/h7-10,14,17-20,29H,3-6,11-13H2,1-2H3,(H,25,30)(H,26,31)/t17-,18-,19-,20-/m0/s1. The van der Waals surface area contributed by atoms with Crippen molar-refractivity contribution in [2.24, 2.45) is 5.92 Å². The first kappa shape index (κ1) is 23.1. The summed E-state index contributed by atoms with van der Waals surface area (Å²) in [6.45, 7) is 4.60. The van der Waals surface area contributed by atoms with E-state index in [4.69, 9.17) is 0 Å². The molecule has 0 saturated carbocycles. The van der Waals surface area contributed by atoms with Crippen molar-refractivity contribution >= 4 is 23.6 Å². The predicted molar refractivity (Wildman–Crippen MR) is 120 cm³/mol. The fraction of sp³-hybridized carbons (Fsp3) is 0.583. The van der Waals surface area contributed by atoms with E-state index in [0.29, 0.717) is 38.8 Å². The highest BCUT2D eigenvalue weighted by Gasteiger charge is 2.44. The molecule has 3 N–H and O–H groups in total. The SMILES string of the molecule is CC(C)[C@@H]1NC(=O)[C@@H]2CCCN2C(=O)[C@H](Cc2ccc(O)cc2)NC(=O)[C@@H]2CCCN2C1=O. The van der Waals surface area contributed by atoms with Crippen LogP contribution in [0, 0.1) is 5.92 Å². The molecule has 0 aliphatic carbocycles. The Hall–Kier alpha value is -3.10. The zero-order valence-electron chi connectivity index (χ0n) is 19.1. The van der Waals surface area contributed by atoms with Gasteiger partial charge in [-0.05, 0) is 49.3 Å². The Balaban J connectivity index is 1.68. The Labute approximate surface area is 193 Å². The number of nitrogens with zero attached hydrogens (tertiary/aromatic N) is 2. The highest BCUT2D eigenvalue weighted by atomic mass is 16.3. The fourth-order valence-corrected chi connectivity index (χ4v) is 5.08. The predicted octanol–water partition coefficient (Wildman–Crippen LogP) is 0.556. The number of hydrogen-bond acceptors (Lipinski definition) is 5. The van der Waals surface area contributed by atoms with Crippen molar-refractivity contribution in [3.05, 3.63) is 29.8 Å². The van der Waals surface area contributed by atoms with E-state index in [0.717, 1.165) is 5.56 Å². The molecule has 3 heterocycles. The van der Waals surface area contributed by atoms with E-state index in [1.54, 1.807) is 17.0 Å². The maximum Gasteiger partial charge on any atom is 0.246 e. The summed E-state index contributed by atoms with van der Waals surface area (Å²) in [5.74, 6) is -1.25. The quantitative estimate of drug-likeness (QED) is 0.614. The zero-order chi connectivity index (χ0) is 23.7. The van der Waals surface area contributed by atoms with Gasteiger partial charge in [-0.15, -0.1) is 0 Å². The van der Waals surface area contributed by atoms with Gasteiger partial charge in [0.1, 0.15) is 29.9 Å². The molecule has 1 aromatic carbocycles. The lowest BCUT2D eigenvalue weighted by Crippen LogP contribution is -2.62. The van der Waals surface area contributed by atoms with Crippen LogP contribution in [0.15, 0.2) is 24.3 Å². The number of amides is 4. The summed E-state index contributed by atoms with van der Waals surface area (Å²) in [6.07, 6.45) is 2.63. The Morgan fingerprint density at radius 3 is 2.00 bits per heavy atom. The van der Waals surface area contributed by atoms with Crippen LogP contribution in [0.4, 0.5) is 0 Å². The summed E-state index contributed by atoms with van der Waals surface area (Å²) in [5, 5.41) is 15.4. The molecule has 3 aliphatic heterocycles. The summed E-state index contributed by atoms with van der Waals surface area (Å²) in [4.78, 5) is 56.5. The van der Waals surface area contributed by atoms with E-state index >= 15 is 0 Å². The summed E-state index contributed by atoms with van der Waals surface area (Å²) in [6, 6.07) is 3.54. The molecule has 9 heteroatoms. The molecule has 178 valence electrons. The first-order chi connectivity index (χ1) is 15.8. The third-order valence-corrected chi connectivity index (χ3v) is 6.90. The molecule has 33 heavy (non-hydrogen) atoms. The normalized spacial score (nSPS) is 28.7. The van der Waals surface area contributed by atoms with Crippen molar-refractivity contribution in [2.45, 2.75) is 70.1 Å². The molecule has 0 bridgehead atoms. The van der Waals surface area contributed by atoms with E-state index < -0.39 is 24.2 Å². The van der Waals surface area contributed by atoms with Crippen molar-refractivity contribution in [1.82, 2.24) is 20.4 Å². The van der Waals surface area contributed by atoms with Gasteiger partial charge in [0.2, 0.25) is 23.6 Å². The number of carbonyl (C=O) groups is 4. The average molecular weight is 457 g/mol. The maximum atomic E-state index is 13.6. The molecule has 4 atom stereocenters. The summed E-state index contributed by atoms with van der Waals surface area (Å²) >= 11 is 0. The Morgan fingerprint density at radius 2 is 1.42 bits per heavy atom. The Bertz CT molecular complexity index is 931. The Morgan fingerprint density at radius 1 is 0.879 bits per heavy atom. The van der Waals surface area contributed by atoms with Crippen LogP contribution in [0.2, 0.25) is 0 Å². The second-order valence-electron chi connectivity index (χ2n) is 9.54. The number of fused-ring (bicyclic) bond motifs is 2. The van der Waals surface area contributed by atoms with Crippen LogP contribution in [0.3, 0.4) is 0 Å². The second-order valence-corrected chi connectivity index (χ2v) is 9.54. The molecule has 9 nitrogen and oxygen atoms in total. The van der Waals surface area contributed by atoms with Crippen molar-refractivity contribution in [1.29, 1.82) is 0 Å². The van der Waals surface area contributed by atoms with Gasteiger partial charge >= 0.3 is 0 Å². The van der Waals surface area contributed by atoms with Gasteiger partial charge in [-0.2, -0.15) is 0 Å². The van der Waals surface area contributed by atoms with Gasteiger partial charge in [0.05, 0.1) is 0 Å². The lowest BCUT2D eigenvalue weighted by atomic mass is 10.00. The van der Waals surface area contributed by atoms with Crippen LogP contribution in [-0.4, -0.2) is 75.8 Å². The topological polar surface area (TPSA) is 119 Å². The largest absolute Gasteiger partial charge is 0.508 e. The number of aromatic hydroxyl groups is 1. The minimum Gasteiger partial charge on any atom is -0.508 e. The maximum absolute atomic E-state index is 13.6. The van der Waals surface area contributed by atoms with Crippen molar-refractivity contribution in [3.8, 4) is 5.75 Å². The van der Waals surface area contributed by atoms with Gasteiger partial charge in [0.15, 0.2) is 0 Å². The van der Waals surface area contributed by atoms with Crippen molar-refractivity contribution in [2.75, 3.05) is 13.1 Å². The first-order valence-corrected chi connectivity index (χ1v) is 11.8. The molecule has 0 unspecified atom stereocenters. The number of hydrogen-bond donors (Lipinski definition) is 3. The highest BCUT2D eigenvalue weighted by molar-refractivity contribution is 5.98. The van der Waals surface area contributed by atoms with E-state index in [9.17, 15) is 24.3 Å². The molecule has 4 rings (SSSR count). The number of carbonyl (C=O) groups excluding carboxylic acids is 4. The number of benzene rings is 1. The molecule has 3 aliphatic rings. The summed E-state index contributed by atoms with van der Waals surface area (Å²) < 4.78 is 0. The monoisotopic (exact) mass is 456 g/mol. The van der Waals surface area contributed by atoms with Crippen LogP contribution in [0.1, 0.15) is 45.1 Å². The minimum absolute atomic E-state index is 0.115. The highest BCUT2D eigenvalue weighted by Crippen LogP contribution is 2.25. The second kappa shape index (κ2) is 9.41. The third kappa shape index (κ3) is 4.67. The average Bonchev–Trinajstić information content (AvgIpc) is 3.46. The zero-order valence-corrected chi connectivity index (χ0v) is 19.1. The van der Waals surface area contributed by atoms with Crippen molar-refractivity contribution in [3.63, 3.8) is 0 Å². The lowest BCUT2D eigenvalue weighted by molar-refractivity contribution is -0.147. The van der Waals surface area contributed by atoms with E-state index in [-0.39, 0.29) is 41.7 Å². The molecular weight excluding hydrogens is 424 g/mol. The molecule has 3 fully saturated rings. The molecule has 0 spiro atoms. The molecule has 3 saturated heterocycles. The fourth-order valence-electron chi connectivity index (χ4n) is 5.08. The van der Waals surface area contributed by atoms with Crippen LogP contribution in [-0.2, 0) is 25.6 Å². The van der Waals surface area contributed by atoms with Gasteiger partial charge in [0, 0.05) is 19.5 Å². The number of nitrogens with one attached hydrogen (secondary N) is 2. The Kier molecular flexibility index (Phi) is 6.58. The van der Waals surface area contributed by atoms with Gasteiger partial charge in [-0.1, -0.05) is 26.0 Å². The molecule has 4 amide bonds. The van der Waals surface area contributed by atoms with Crippen LogP contribution in [0.25, 0.3) is 0 Å². The number of phenolic OH excluding ortho intramolecular Hbond substituents is 1. The lowest BCUT2D eigenvalue weighted by Gasteiger charge is -2.35. The van der Waals surface area contributed by atoms with Gasteiger partial charge in [0.25, 0.3) is 0 Å². The summed E-state index contributed by atoms with van der Waals surface area (Å²) in [5.41, 5.74) is 0.776. The van der Waals surface area contributed by atoms with Crippen molar-refractivity contribution < 1.29 is 24.3 Å². The van der Waals surface area contributed by atoms with Gasteiger partial charge in [-0.25, -0.2) is 0 Å². The molecule has 0 aromatic heterocycles. The van der Waals surface area contributed by atoms with Gasteiger partial charge in [-0.3, -0.25) is 19.2 Å². The third-order valence-electron chi connectivity index (χ3n) is 6.90. The number of phenols is 1. The molecule has 1 aromatic rings. The summed E-state index contributed by atoms with van der Waals surface area (Å²) in [7, 11) is 0. The smallest absolute Gasteiger partial charge is 0.246 e.